The van der Waals surface area contributed by atoms with Crippen LogP contribution in [0.4, 0.5) is 5.82 Å². The molecule has 0 saturated heterocycles. The van der Waals surface area contributed by atoms with Crippen molar-refractivity contribution in [2.24, 2.45) is 5.92 Å². The molecule has 0 bridgehead atoms. The van der Waals surface area contributed by atoms with E-state index in [1.807, 2.05) is 31.2 Å². The molecule has 3 aromatic rings. The first-order valence-electron chi connectivity index (χ1n) is 9.16. The Balaban J connectivity index is 1.69. The van der Waals surface area contributed by atoms with E-state index >= 15 is 0 Å². The zero-order chi connectivity index (χ0) is 19.9. The molecule has 0 saturated carbocycles. The van der Waals surface area contributed by atoms with E-state index in [4.69, 9.17) is 14.1 Å². The fraction of sp³-hybridized carbons (Fsp3) is 0.286. The van der Waals surface area contributed by atoms with Crippen molar-refractivity contribution in [3.8, 4) is 22.8 Å². The zero-order valence-corrected chi connectivity index (χ0v) is 16.1. The van der Waals surface area contributed by atoms with Gasteiger partial charge in [0.1, 0.15) is 11.5 Å². The topological polar surface area (TPSA) is 86.5 Å². The summed E-state index contributed by atoms with van der Waals surface area (Å²) in [6, 6.07) is 14.3. The number of rotatable bonds is 8. The zero-order valence-electron chi connectivity index (χ0n) is 16.1. The van der Waals surface area contributed by atoms with Crippen molar-refractivity contribution in [1.82, 2.24) is 10.3 Å². The minimum Gasteiger partial charge on any atom is -0.494 e. The van der Waals surface area contributed by atoms with Crippen LogP contribution in [0, 0.1) is 5.92 Å². The average Bonchev–Trinajstić information content (AvgIpc) is 3.15. The van der Waals surface area contributed by atoms with Crippen molar-refractivity contribution in [2.75, 3.05) is 18.5 Å². The molecular formula is C21H23N3O4. The maximum Gasteiger partial charge on any atom is 0.256 e. The van der Waals surface area contributed by atoms with Gasteiger partial charge in [0.25, 0.3) is 5.91 Å². The number of nitrogens with zero attached hydrogens (tertiary/aromatic N) is 2. The highest BCUT2D eigenvalue weighted by molar-refractivity contribution is 6.05. The molecule has 2 aromatic carbocycles. The molecule has 0 spiro atoms. The van der Waals surface area contributed by atoms with Crippen molar-refractivity contribution in [1.29, 1.82) is 0 Å². The lowest BCUT2D eigenvalue weighted by molar-refractivity contribution is 0.102. The van der Waals surface area contributed by atoms with Gasteiger partial charge in [-0.1, -0.05) is 13.8 Å². The van der Waals surface area contributed by atoms with Crippen molar-refractivity contribution in [2.45, 2.75) is 20.8 Å². The van der Waals surface area contributed by atoms with Gasteiger partial charge in [0, 0.05) is 11.1 Å². The van der Waals surface area contributed by atoms with Gasteiger partial charge < -0.3 is 14.8 Å². The van der Waals surface area contributed by atoms with Gasteiger partial charge in [0.15, 0.2) is 5.69 Å². The van der Waals surface area contributed by atoms with Gasteiger partial charge in [-0.25, -0.2) is 4.63 Å². The van der Waals surface area contributed by atoms with Crippen LogP contribution in [0.15, 0.2) is 53.2 Å². The first kappa shape index (κ1) is 19.4. The molecule has 0 radical (unpaired) electrons. The molecule has 0 unspecified atom stereocenters. The molecule has 1 heterocycles. The molecule has 0 aliphatic rings. The Labute approximate surface area is 163 Å². The molecule has 3 rings (SSSR count). The number of amides is 1. The second-order valence-corrected chi connectivity index (χ2v) is 6.60. The Hall–Kier alpha value is -3.35. The number of hydrogen-bond donors (Lipinski definition) is 1. The predicted molar refractivity (Wildman–Crippen MR) is 106 cm³/mol. The molecule has 0 aliphatic heterocycles. The Kier molecular flexibility index (Phi) is 6.26. The van der Waals surface area contributed by atoms with Gasteiger partial charge in [-0.2, -0.15) is 0 Å². The molecule has 1 N–H and O–H groups in total. The summed E-state index contributed by atoms with van der Waals surface area (Å²) in [6.07, 6.45) is 0. The molecule has 146 valence electrons. The largest absolute Gasteiger partial charge is 0.494 e. The van der Waals surface area contributed by atoms with E-state index in [0.29, 0.717) is 30.4 Å². The summed E-state index contributed by atoms with van der Waals surface area (Å²) in [5.41, 5.74) is 1.70. The Morgan fingerprint density at radius 3 is 2.29 bits per heavy atom. The van der Waals surface area contributed by atoms with Crippen molar-refractivity contribution in [3.05, 3.63) is 54.1 Å². The first-order chi connectivity index (χ1) is 13.6. The maximum atomic E-state index is 12.5. The molecule has 1 amide bonds. The standard InChI is InChI=1S/C21H23N3O4/c1-4-26-17-9-5-15(6-10-17)19-20(24-28-23-19)22-21(25)16-7-11-18(12-8-16)27-13-14(2)3/h5-12,14H,4,13H2,1-3H3,(H,22,24,25). The number of nitrogens with one attached hydrogen (secondary N) is 1. The Bertz CT molecular complexity index is 902. The minimum absolute atomic E-state index is 0.259. The highest BCUT2D eigenvalue weighted by Gasteiger charge is 2.16. The molecule has 7 heteroatoms. The lowest BCUT2D eigenvalue weighted by atomic mass is 10.1. The normalized spacial score (nSPS) is 10.7. The van der Waals surface area contributed by atoms with Crippen LogP contribution < -0.4 is 14.8 Å². The molecule has 28 heavy (non-hydrogen) atoms. The van der Waals surface area contributed by atoms with Crippen LogP contribution in [-0.4, -0.2) is 29.4 Å². The summed E-state index contributed by atoms with van der Waals surface area (Å²) in [5, 5.41) is 10.4. The summed E-state index contributed by atoms with van der Waals surface area (Å²) in [7, 11) is 0. The number of aromatic nitrogens is 2. The fourth-order valence-corrected chi connectivity index (χ4v) is 2.48. The summed E-state index contributed by atoms with van der Waals surface area (Å²) in [6.45, 7) is 7.30. The van der Waals surface area contributed by atoms with Gasteiger partial charge in [-0.05, 0) is 71.7 Å². The molecule has 0 atom stereocenters. The van der Waals surface area contributed by atoms with E-state index in [9.17, 15) is 4.79 Å². The van der Waals surface area contributed by atoms with E-state index in [1.165, 1.54) is 0 Å². The van der Waals surface area contributed by atoms with Gasteiger partial charge in [0.05, 0.1) is 13.2 Å². The number of ether oxygens (including phenoxy) is 2. The number of carbonyl (C=O) groups excluding carboxylic acids is 1. The fourth-order valence-electron chi connectivity index (χ4n) is 2.48. The second-order valence-electron chi connectivity index (χ2n) is 6.60. The van der Waals surface area contributed by atoms with E-state index in [0.717, 1.165) is 17.1 Å². The van der Waals surface area contributed by atoms with Gasteiger partial charge >= 0.3 is 0 Å². The van der Waals surface area contributed by atoms with Crippen LogP contribution in [0.2, 0.25) is 0 Å². The van der Waals surface area contributed by atoms with Crippen LogP contribution in [0.5, 0.6) is 11.5 Å². The Morgan fingerprint density at radius 1 is 1.00 bits per heavy atom. The van der Waals surface area contributed by atoms with Crippen molar-refractivity contribution < 1.29 is 18.9 Å². The first-order valence-corrected chi connectivity index (χ1v) is 9.16. The number of hydrogen-bond acceptors (Lipinski definition) is 6. The quantitative estimate of drug-likeness (QED) is 0.621. The molecule has 0 aliphatic carbocycles. The lowest BCUT2D eigenvalue weighted by Crippen LogP contribution is -2.13. The lowest BCUT2D eigenvalue weighted by Gasteiger charge is -2.09. The van der Waals surface area contributed by atoms with Crippen LogP contribution >= 0.6 is 0 Å². The van der Waals surface area contributed by atoms with E-state index in [2.05, 4.69) is 29.5 Å². The van der Waals surface area contributed by atoms with Crippen molar-refractivity contribution in [3.63, 3.8) is 0 Å². The van der Waals surface area contributed by atoms with Gasteiger partial charge in [-0.15, -0.1) is 0 Å². The van der Waals surface area contributed by atoms with E-state index < -0.39 is 0 Å². The average molecular weight is 381 g/mol. The molecule has 0 fully saturated rings. The van der Waals surface area contributed by atoms with Crippen LogP contribution in [0.3, 0.4) is 0 Å². The van der Waals surface area contributed by atoms with Crippen LogP contribution in [-0.2, 0) is 0 Å². The van der Waals surface area contributed by atoms with E-state index in [-0.39, 0.29) is 11.7 Å². The third-order valence-corrected chi connectivity index (χ3v) is 3.86. The smallest absolute Gasteiger partial charge is 0.256 e. The third kappa shape index (κ3) is 4.88. The number of carbonyl (C=O) groups is 1. The summed E-state index contributed by atoms with van der Waals surface area (Å²) < 4.78 is 15.9. The van der Waals surface area contributed by atoms with Crippen molar-refractivity contribution >= 4 is 11.7 Å². The predicted octanol–water partition coefficient (Wildman–Crippen LogP) is 4.42. The SMILES string of the molecule is CCOc1ccc(-c2nonc2NC(=O)c2ccc(OCC(C)C)cc2)cc1. The third-order valence-electron chi connectivity index (χ3n) is 3.86. The highest BCUT2D eigenvalue weighted by Crippen LogP contribution is 2.26. The number of anilines is 1. The molecule has 1 aromatic heterocycles. The maximum absolute atomic E-state index is 12.5. The van der Waals surface area contributed by atoms with E-state index in [1.54, 1.807) is 24.3 Å². The Morgan fingerprint density at radius 2 is 1.64 bits per heavy atom. The molecular weight excluding hydrogens is 358 g/mol. The summed E-state index contributed by atoms with van der Waals surface area (Å²) in [4.78, 5) is 12.5. The van der Waals surface area contributed by atoms with Gasteiger partial charge in [0.2, 0.25) is 5.82 Å². The van der Waals surface area contributed by atoms with Crippen LogP contribution in [0.25, 0.3) is 11.3 Å². The minimum atomic E-state index is -0.307. The summed E-state index contributed by atoms with van der Waals surface area (Å²) in [5.74, 6) is 1.87. The van der Waals surface area contributed by atoms with Crippen LogP contribution in [0.1, 0.15) is 31.1 Å². The molecule has 7 nitrogen and oxygen atoms in total. The number of benzene rings is 2. The summed E-state index contributed by atoms with van der Waals surface area (Å²) >= 11 is 0. The monoisotopic (exact) mass is 381 g/mol. The highest BCUT2D eigenvalue weighted by atomic mass is 16.6. The second kappa shape index (κ2) is 9.03. The van der Waals surface area contributed by atoms with Gasteiger partial charge in [-0.3, -0.25) is 4.79 Å².